The van der Waals surface area contributed by atoms with Crippen LogP contribution in [0, 0.1) is 0 Å². The van der Waals surface area contributed by atoms with Gasteiger partial charge in [-0.15, -0.1) is 0 Å². The molecule has 0 unspecified atom stereocenters. The Hall–Kier alpha value is 1.59. The molecule has 0 radical (unpaired) electrons. The fraction of sp³-hybridized carbons (Fsp3) is 1.00. The van der Waals surface area contributed by atoms with E-state index in [9.17, 15) is 0 Å². The zero-order valence-corrected chi connectivity index (χ0v) is 21.4. The van der Waals surface area contributed by atoms with Gasteiger partial charge in [-0.1, -0.05) is 79.1 Å². The molecule has 0 fully saturated rings. The molecule has 0 bridgehead atoms. The SMILES string of the molecule is CCCCCC.CCCCCC.OP(O)(O)=S.OP(O)(O)=S.OP(O)(O)=S. The summed E-state index contributed by atoms with van der Waals surface area (Å²) in [4.78, 5) is 68.0. The summed E-state index contributed by atoms with van der Waals surface area (Å²) >= 11 is 10.8. The smallest absolute Gasteiger partial charge is 0.319 e. The molecule has 0 aliphatic carbocycles. The first-order chi connectivity index (χ1) is 11.8. The predicted molar refractivity (Wildman–Crippen MR) is 122 cm³/mol. The Morgan fingerprint density at radius 2 is 0.481 bits per heavy atom. The summed E-state index contributed by atoms with van der Waals surface area (Å²) in [7, 11) is 0. The third-order valence-corrected chi connectivity index (χ3v) is 1.91. The first-order valence-corrected chi connectivity index (χ1v) is 16.2. The van der Waals surface area contributed by atoms with Gasteiger partial charge in [-0.05, 0) is 35.4 Å². The minimum Gasteiger partial charge on any atom is -0.325 e. The lowest BCUT2D eigenvalue weighted by molar-refractivity contribution is 0.361. The molecular weight excluding hydrogens is 477 g/mol. The summed E-state index contributed by atoms with van der Waals surface area (Å²) in [6.07, 6.45) is 11.1. The van der Waals surface area contributed by atoms with Gasteiger partial charge >= 0.3 is 20.2 Å². The number of hydrogen-bond donors (Lipinski definition) is 9. The Morgan fingerprint density at radius 3 is 0.519 bits per heavy atom. The molecule has 27 heavy (non-hydrogen) atoms. The van der Waals surface area contributed by atoms with Crippen molar-refractivity contribution in [3.8, 4) is 0 Å². The van der Waals surface area contributed by atoms with Gasteiger partial charge in [0, 0.05) is 0 Å². The zero-order chi connectivity index (χ0) is 23.2. The van der Waals surface area contributed by atoms with Gasteiger partial charge in [0.25, 0.3) is 0 Å². The molecule has 0 aliphatic heterocycles. The van der Waals surface area contributed by atoms with Crippen LogP contribution in [0.1, 0.15) is 79.1 Å². The normalized spacial score (nSPS) is 10.6. The van der Waals surface area contributed by atoms with Crippen molar-refractivity contribution < 1.29 is 44.0 Å². The second kappa shape index (κ2) is 25.6. The molecule has 0 amide bonds. The van der Waals surface area contributed by atoms with Gasteiger partial charge in [-0.3, -0.25) is 0 Å². The van der Waals surface area contributed by atoms with Gasteiger partial charge in [-0.2, -0.15) is 0 Å². The Morgan fingerprint density at radius 1 is 0.407 bits per heavy atom. The zero-order valence-electron chi connectivity index (χ0n) is 16.2. The lowest BCUT2D eigenvalue weighted by atomic mass is 10.2. The molecule has 172 valence electrons. The molecule has 0 aromatic carbocycles. The summed E-state index contributed by atoms with van der Waals surface area (Å²) < 4.78 is 0. The summed E-state index contributed by atoms with van der Waals surface area (Å²) in [5, 5.41) is 0. The fourth-order valence-corrected chi connectivity index (χ4v) is 1.000. The third-order valence-electron chi connectivity index (χ3n) is 1.91. The van der Waals surface area contributed by atoms with E-state index in [1.165, 1.54) is 51.4 Å². The van der Waals surface area contributed by atoms with E-state index in [2.05, 4.69) is 63.1 Å². The van der Waals surface area contributed by atoms with Crippen LogP contribution in [0.25, 0.3) is 0 Å². The largest absolute Gasteiger partial charge is 0.325 e. The molecule has 0 aromatic heterocycles. The van der Waals surface area contributed by atoms with Crippen LogP contribution in [0.2, 0.25) is 0 Å². The summed E-state index contributed by atoms with van der Waals surface area (Å²) in [5.41, 5.74) is 0. The standard InChI is InChI=1S/2C6H14.3H3O3PS/c2*1-3-5-6-4-2;3*1-4(2,3)5/h2*3-6H2,1-2H3;3*(H3,1,2,3,5). The van der Waals surface area contributed by atoms with E-state index in [0.717, 1.165) is 0 Å². The van der Waals surface area contributed by atoms with Crippen LogP contribution >= 0.6 is 20.2 Å². The molecule has 0 spiro atoms. The van der Waals surface area contributed by atoms with E-state index >= 15 is 0 Å². The average molecular weight is 515 g/mol. The lowest BCUT2D eigenvalue weighted by Crippen LogP contribution is -1.66. The maximum atomic E-state index is 7.56. The van der Waals surface area contributed by atoms with E-state index in [4.69, 9.17) is 44.0 Å². The first-order valence-electron chi connectivity index (χ1n) is 8.18. The van der Waals surface area contributed by atoms with Crippen molar-refractivity contribution in [1.82, 2.24) is 0 Å². The topological polar surface area (TPSA) is 182 Å². The molecule has 0 rings (SSSR count). The molecule has 9 N–H and O–H groups in total. The van der Waals surface area contributed by atoms with E-state index in [1.54, 1.807) is 0 Å². The molecule has 0 saturated heterocycles. The van der Waals surface area contributed by atoms with Crippen LogP contribution in [0.4, 0.5) is 0 Å². The summed E-state index contributed by atoms with van der Waals surface area (Å²) in [5.74, 6) is 0. The van der Waals surface area contributed by atoms with Crippen molar-refractivity contribution in [3.63, 3.8) is 0 Å². The van der Waals surface area contributed by atoms with E-state index in [-0.39, 0.29) is 0 Å². The van der Waals surface area contributed by atoms with Crippen LogP contribution in [-0.2, 0) is 35.4 Å². The van der Waals surface area contributed by atoms with Crippen LogP contribution in [0.15, 0.2) is 0 Å². The van der Waals surface area contributed by atoms with Crippen LogP contribution in [-0.4, -0.2) is 44.0 Å². The average Bonchev–Trinajstić information content (AvgIpc) is 2.38. The minimum atomic E-state index is -3.81. The van der Waals surface area contributed by atoms with Crippen molar-refractivity contribution >= 4 is 55.6 Å². The second-order valence-corrected chi connectivity index (χ2v) is 12.4. The van der Waals surface area contributed by atoms with E-state index < -0.39 is 20.2 Å². The van der Waals surface area contributed by atoms with E-state index in [1.807, 2.05) is 0 Å². The second-order valence-electron chi connectivity index (χ2n) is 4.95. The molecule has 0 atom stereocenters. The van der Waals surface area contributed by atoms with Gasteiger partial charge in [0.05, 0.1) is 0 Å². The molecule has 15 heteroatoms. The number of unbranched alkanes of at least 4 members (excludes halogenated alkanes) is 6. The van der Waals surface area contributed by atoms with Crippen molar-refractivity contribution in [2.75, 3.05) is 0 Å². The highest BCUT2D eigenvalue weighted by Crippen LogP contribution is 2.27. The minimum absolute atomic E-state index is 1.36. The van der Waals surface area contributed by atoms with Gasteiger partial charge < -0.3 is 44.0 Å². The van der Waals surface area contributed by atoms with Crippen LogP contribution in [0.5, 0.6) is 0 Å². The van der Waals surface area contributed by atoms with Gasteiger partial charge in [-0.25, -0.2) is 0 Å². The highest BCUT2D eigenvalue weighted by molar-refractivity contribution is 8.06. The molecule has 0 aromatic rings. The monoisotopic (exact) mass is 514 g/mol. The van der Waals surface area contributed by atoms with Crippen molar-refractivity contribution in [2.45, 2.75) is 79.1 Å². The Kier molecular flexibility index (Phi) is 37.1. The Labute approximate surface area is 178 Å². The van der Waals surface area contributed by atoms with E-state index in [0.29, 0.717) is 0 Å². The molecule has 0 aliphatic rings. The first kappa shape index (κ1) is 39.1. The quantitative estimate of drug-likeness (QED) is 0.187. The number of hydrogen-bond acceptors (Lipinski definition) is 3. The van der Waals surface area contributed by atoms with Gasteiger partial charge in [0.2, 0.25) is 0 Å². The van der Waals surface area contributed by atoms with Gasteiger partial charge in [0.15, 0.2) is 0 Å². The summed E-state index contributed by atoms with van der Waals surface area (Å²) in [6, 6.07) is 0. The highest BCUT2D eigenvalue weighted by Gasteiger charge is 1.93. The van der Waals surface area contributed by atoms with Crippen molar-refractivity contribution in [3.05, 3.63) is 0 Å². The van der Waals surface area contributed by atoms with Gasteiger partial charge in [0.1, 0.15) is 0 Å². The van der Waals surface area contributed by atoms with Crippen molar-refractivity contribution in [2.24, 2.45) is 0 Å². The van der Waals surface area contributed by atoms with Crippen LogP contribution in [0.3, 0.4) is 0 Å². The predicted octanol–water partition coefficient (Wildman–Crippen LogP) is 2.74. The molecular formula is C12H37O9P3S3. The molecule has 9 nitrogen and oxygen atoms in total. The highest BCUT2D eigenvalue weighted by atomic mass is 32.5. The third kappa shape index (κ3) is 314. The fourth-order valence-electron chi connectivity index (χ4n) is 1.000. The molecule has 0 heterocycles. The Balaban J connectivity index is -0.0000000749. The maximum Gasteiger partial charge on any atom is 0.319 e. The van der Waals surface area contributed by atoms with Crippen LogP contribution < -0.4 is 0 Å². The summed E-state index contributed by atoms with van der Waals surface area (Å²) in [6.45, 7) is -2.49. The lowest BCUT2D eigenvalue weighted by Gasteiger charge is -1.88. The number of rotatable bonds is 6. The van der Waals surface area contributed by atoms with Crippen molar-refractivity contribution in [1.29, 1.82) is 0 Å². The Bertz CT molecular complexity index is 322. The maximum absolute atomic E-state index is 7.56. The molecule has 0 saturated carbocycles.